The van der Waals surface area contributed by atoms with Crippen molar-refractivity contribution in [2.24, 2.45) is 17.8 Å². The lowest BCUT2D eigenvalue weighted by Crippen LogP contribution is -2.72. The van der Waals surface area contributed by atoms with E-state index in [0.29, 0.717) is 12.0 Å². The maximum Gasteiger partial charge on any atom is 0.407 e. The van der Waals surface area contributed by atoms with Gasteiger partial charge in [-0.05, 0) is 64.7 Å². The summed E-state index contributed by atoms with van der Waals surface area (Å²) in [5, 5.41) is 6.99. The smallest absolute Gasteiger partial charge is 0.407 e. The van der Waals surface area contributed by atoms with E-state index in [1.165, 1.54) is 25.7 Å². The van der Waals surface area contributed by atoms with Gasteiger partial charge in [-0.25, -0.2) is 4.79 Å². The van der Waals surface area contributed by atoms with E-state index >= 15 is 0 Å². The van der Waals surface area contributed by atoms with Crippen LogP contribution >= 0.6 is 0 Å². The predicted molar refractivity (Wildman–Crippen MR) is 87.2 cm³/mol. The third-order valence-electron chi connectivity index (χ3n) is 5.71. The molecule has 4 unspecified atom stereocenters. The Morgan fingerprint density at radius 1 is 1.09 bits per heavy atom. The van der Waals surface area contributed by atoms with Gasteiger partial charge in [-0.3, -0.25) is 0 Å². The summed E-state index contributed by atoms with van der Waals surface area (Å²) in [7, 11) is 0. The highest BCUT2D eigenvalue weighted by Crippen LogP contribution is 2.47. The van der Waals surface area contributed by atoms with Gasteiger partial charge < -0.3 is 20.1 Å². The molecule has 3 saturated carbocycles. The fraction of sp³-hybridized carbons (Fsp3) is 0.944. The van der Waals surface area contributed by atoms with Crippen molar-refractivity contribution in [3.8, 4) is 0 Å². The van der Waals surface area contributed by atoms with Crippen molar-refractivity contribution < 1.29 is 14.3 Å². The molecule has 0 radical (unpaired) electrons. The van der Waals surface area contributed by atoms with Gasteiger partial charge in [-0.1, -0.05) is 0 Å². The molecule has 3 aliphatic carbocycles. The van der Waals surface area contributed by atoms with Crippen molar-refractivity contribution in [3.05, 3.63) is 0 Å². The molecule has 0 aromatic rings. The molecule has 1 aliphatic heterocycles. The Hall–Kier alpha value is -0.810. The molecule has 23 heavy (non-hydrogen) atoms. The molecule has 0 aromatic carbocycles. The fourth-order valence-corrected chi connectivity index (χ4v) is 4.34. The third kappa shape index (κ3) is 3.36. The lowest BCUT2D eigenvalue weighted by molar-refractivity contribution is -0.0395. The largest absolute Gasteiger partial charge is 0.444 e. The lowest BCUT2D eigenvalue weighted by atomic mass is 9.71. The normalized spacial score (nSPS) is 36.5. The summed E-state index contributed by atoms with van der Waals surface area (Å²) in [5.41, 5.74) is -0.451. The monoisotopic (exact) mass is 322 g/mol. The average Bonchev–Trinajstić information content (AvgIpc) is 3.34. The van der Waals surface area contributed by atoms with Crippen molar-refractivity contribution in [1.82, 2.24) is 10.6 Å². The number of carbonyl (C=O) groups is 1. The van der Waals surface area contributed by atoms with Crippen molar-refractivity contribution >= 4 is 6.09 Å². The molecule has 4 fully saturated rings. The van der Waals surface area contributed by atoms with E-state index < -0.39 is 5.60 Å². The first kappa shape index (κ1) is 15.7. The second-order valence-corrected chi connectivity index (χ2v) is 8.85. The van der Waals surface area contributed by atoms with Crippen LogP contribution in [0.4, 0.5) is 4.79 Å². The molecule has 5 nitrogen and oxygen atoms in total. The number of nitrogens with one attached hydrogen (secondary N) is 2. The van der Waals surface area contributed by atoms with Gasteiger partial charge in [0.25, 0.3) is 0 Å². The molecule has 4 aliphatic rings. The molecule has 2 N–H and O–H groups in total. The number of carbonyl (C=O) groups excluding carboxylic acids is 1. The Morgan fingerprint density at radius 3 is 2.30 bits per heavy atom. The van der Waals surface area contributed by atoms with Crippen LogP contribution < -0.4 is 10.6 Å². The highest BCUT2D eigenvalue weighted by Gasteiger charge is 2.56. The first-order valence-corrected chi connectivity index (χ1v) is 9.29. The summed E-state index contributed by atoms with van der Waals surface area (Å²) in [6.07, 6.45) is 6.46. The highest BCUT2D eigenvalue weighted by atomic mass is 16.6. The zero-order chi connectivity index (χ0) is 16.2. The molecular weight excluding hydrogens is 292 g/mol. The standard InChI is InChI=1S/C18H30N2O3/c1-18(2,3)23-17(21)20-14-12-8-9-22-16(12)15(14)19-13(10-4-5-10)11-6-7-11/h10-16,19H,4-9H2,1-3H3,(H,20,21). The second-order valence-electron chi connectivity index (χ2n) is 8.85. The van der Waals surface area contributed by atoms with Crippen LogP contribution in [0.2, 0.25) is 0 Å². The fourth-order valence-electron chi connectivity index (χ4n) is 4.34. The van der Waals surface area contributed by atoms with Gasteiger partial charge in [0.15, 0.2) is 0 Å². The van der Waals surface area contributed by atoms with Crippen LogP contribution in [0.25, 0.3) is 0 Å². The van der Waals surface area contributed by atoms with Gasteiger partial charge >= 0.3 is 6.09 Å². The van der Waals surface area contributed by atoms with Crippen LogP contribution in [-0.2, 0) is 9.47 Å². The lowest BCUT2D eigenvalue weighted by Gasteiger charge is -2.49. The zero-order valence-electron chi connectivity index (χ0n) is 14.5. The van der Waals surface area contributed by atoms with Gasteiger partial charge in [0.1, 0.15) is 5.60 Å². The molecule has 4 rings (SSSR count). The van der Waals surface area contributed by atoms with E-state index in [4.69, 9.17) is 9.47 Å². The molecule has 0 bridgehead atoms. The van der Waals surface area contributed by atoms with Crippen molar-refractivity contribution in [1.29, 1.82) is 0 Å². The quantitative estimate of drug-likeness (QED) is 0.816. The van der Waals surface area contributed by atoms with E-state index in [-0.39, 0.29) is 24.3 Å². The minimum absolute atomic E-state index is 0.150. The number of hydrogen-bond donors (Lipinski definition) is 2. The maximum absolute atomic E-state index is 12.2. The predicted octanol–water partition coefficient (Wildman–Crippen LogP) is 2.45. The molecule has 0 aromatic heterocycles. The summed E-state index contributed by atoms with van der Waals surface area (Å²) < 4.78 is 11.4. The van der Waals surface area contributed by atoms with E-state index in [1.54, 1.807) is 0 Å². The molecular formula is C18H30N2O3. The molecule has 1 heterocycles. The van der Waals surface area contributed by atoms with E-state index in [0.717, 1.165) is 24.9 Å². The van der Waals surface area contributed by atoms with E-state index in [9.17, 15) is 4.79 Å². The van der Waals surface area contributed by atoms with E-state index in [2.05, 4.69) is 10.6 Å². The van der Waals surface area contributed by atoms with Gasteiger partial charge in [0.2, 0.25) is 0 Å². The Kier molecular flexibility index (Phi) is 3.84. The molecule has 0 spiro atoms. The first-order valence-electron chi connectivity index (χ1n) is 9.29. The van der Waals surface area contributed by atoms with Crippen LogP contribution in [0.5, 0.6) is 0 Å². The van der Waals surface area contributed by atoms with Crippen LogP contribution in [0.15, 0.2) is 0 Å². The number of amides is 1. The first-order chi connectivity index (χ1) is 10.9. The van der Waals surface area contributed by atoms with Gasteiger partial charge in [0, 0.05) is 18.6 Å². The Bertz CT molecular complexity index is 455. The van der Waals surface area contributed by atoms with Gasteiger partial charge in [-0.2, -0.15) is 0 Å². The summed E-state index contributed by atoms with van der Waals surface area (Å²) >= 11 is 0. The zero-order valence-corrected chi connectivity index (χ0v) is 14.5. The Balaban J connectivity index is 1.39. The van der Waals surface area contributed by atoms with Crippen LogP contribution in [0, 0.1) is 17.8 Å². The number of rotatable bonds is 5. The summed E-state index contributed by atoms with van der Waals surface area (Å²) in [5.74, 6) is 2.15. The molecule has 4 atom stereocenters. The Morgan fingerprint density at radius 2 is 1.74 bits per heavy atom. The number of alkyl carbamates (subject to hydrolysis) is 1. The Labute approximate surface area is 138 Å². The number of ether oxygens (including phenoxy) is 2. The average molecular weight is 322 g/mol. The summed E-state index contributed by atoms with van der Waals surface area (Å²) in [4.78, 5) is 12.2. The highest BCUT2D eigenvalue weighted by molar-refractivity contribution is 5.68. The van der Waals surface area contributed by atoms with Crippen LogP contribution in [0.3, 0.4) is 0 Å². The van der Waals surface area contributed by atoms with Gasteiger partial charge in [-0.15, -0.1) is 0 Å². The van der Waals surface area contributed by atoms with Crippen LogP contribution in [0.1, 0.15) is 52.9 Å². The summed E-state index contributed by atoms with van der Waals surface area (Å²) in [6, 6.07) is 1.03. The topological polar surface area (TPSA) is 59.6 Å². The maximum atomic E-state index is 12.2. The van der Waals surface area contributed by atoms with Crippen LogP contribution in [-0.4, -0.2) is 42.5 Å². The SMILES string of the molecule is CC(C)(C)OC(=O)NC1C2CCOC2C1NC(C1CC1)C1CC1. The van der Waals surface area contributed by atoms with Crippen molar-refractivity contribution in [2.45, 2.75) is 82.7 Å². The van der Waals surface area contributed by atoms with Crippen molar-refractivity contribution in [2.75, 3.05) is 6.61 Å². The molecule has 1 amide bonds. The van der Waals surface area contributed by atoms with Gasteiger partial charge in [0.05, 0.1) is 18.2 Å². The number of fused-ring (bicyclic) bond motifs is 1. The molecule has 130 valence electrons. The number of hydrogen-bond acceptors (Lipinski definition) is 4. The molecule has 5 heteroatoms. The third-order valence-corrected chi connectivity index (χ3v) is 5.71. The summed E-state index contributed by atoms with van der Waals surface area (Å²) in [6.45, 7) is 6.53. The minimum atomic E-state index is -0.451. The minimum Gasteiger partial charge on any atom is -0.444 e. The van der Waals surface area contributed by atoms with Crippen molar-refractivity contribution in [3.63, 3.8) is 0 Å². The van der Waals surface area contributed by atoms with E-state index in [1.807, 2.05) is 20.8 Å². The molecule has 1 saturated heterocycles. The second kappa shape index (κ2) is 5.62.